The monoisotopic (exact) mass is 267 g/mol. The summed E-state index contributed by atoms with van der Waals surface area (Å²) in [5.41, 5.74) is -0.166. The number of aromatic nitrogens is 3. The Morgan fingerprint density at radius 3 is 2.76 bits per heavy atom. The third-order valence-corrected chi connectivity index (χ3v) is 2.93. The number of aromatic carboxylic acids is 1. The Morgan fingerprint density at radius 1 is 1.29 bits per heavy atom. The van der Waals surface area contributed by atoms with E-state index in [4.69, 9.17) is 16.7 Å². The van der Waals surface area contributed by atoms with Crippen LogP contribution in [0.5, 0.6) is 0 Å². The molecule has 0 atom stereocenters. The standard InChI is InChI=1S/C10H6ClN3O2S/c11-6-1-2-7(14-9(6)10(15)16)17-8-5-12-3-4-13-8/h1-5H,(H,15,16). The van der Waals surface area contributed by atoms with Crippen LogP contribution in [0.1, 0.15) is 10.5 Å². The molecule has 17 heavy (non-hydrogen) atoms. The minimum absolute atomic E-state index is 0.112. The van der Waals surface area contributed by atoms with Gasteiger partial charge in [-0.15, -0.1) is 0 Å². The minimum atomic E-state index is -1.16. The second kappa shape index (κ2) is 5.11. The Kier molecular flexibility index (Phi) is 3.55. The van der Waals surface area contributed by atoms with Crippen molar-refractivity contribution in [3.8, 4) is 0 Å². The van der Waals surface area contributed by atoms with Gasteiger partial charge in [-0.3, -0.25) is 4.98 Å². The van der Waals surface area contributed by atoms with Crippen LogP contribution in [0.2, 0.25) is 5.02 Å². The molecule has 0 unspecified atom stereocenters. The maximum atomic E-state index is 10.8. The first-order valence-corrected chi connectivity index (χ1v) is 5.70. The van der Waals surface area contributed by atoms with Crippen LogP contribution in [0.4, 0.5) is 0 Å². The van der Waals surface area contributed by atoms with E-state index in [0.29, 0.717) is 10.1 Å². The number of carboxylic acid groups (broad SMARTS) is 1. The zero-order valence-corrected chi connectivity index (χ0v) is 9.94. The topological polar surface area (TPSA) is 76.0 Å². The van der Waals surface area contributed by atoms with Gasteiger partial charge in [-0.05, 0) is 23.9 Å². The first kappa shape index (κ1) is 11.8. The van der Waals surface area contributed by atoms with E-state index in [2.05, 4.69) is 15.0 Å². The molecule has 86 valence electrons. The normalized spacial score (nSPS) is 10.2. The molecule has 2 aromatic heterocycles. The first-order valence-electron chi connectivity index (χ1n) is 4.50. The third-order valence-electron chi connectivity index (χ3n) is 1.77. The van der Waals surface area contributed by atoms with Crippen molar-refractivity contribution in [3.05, 3.63) is 41.4 Å². The summed E-state index contributed by atoms with van der Waals surface area (Å²) in [6, 6.07) is 3.13. The fraction of sp³-hybridized carbons (Fsp3) is 0. The van der Waals surface area contributed by atoms with Gasteiger partial charge in [0.25, 0.3) is 0 Å². The summed E-state index contributed by atoms with van der Waals surface area (Å²) in [7, 11) is 0. The number of rotatable bonds is 3. The van der Waals surface area contributed by atoms with Gasteiger partial charge in [0, 0.05) is 12.4 Å². The molecule has 7 heteroatoms. The highest BCUT2D eigenvalue weighted by Gasteiger charge is 2.12. The summed E-state index contributed by atoms with van der Waals surface area (Å²) >= 11 is 6.93. The Bertz CT molecular complexity index is 551. The summed E-state index contributed by atoms with van der Waals surface area (Å²) in [5, 5.41) is 10.1. The maximum Gasteiger partial charge on any atom is 0.356 e. The molecule has 0 bridgehead atoms. The van der Waals surface area contributed by atoms with Crippen LogP contribution < -0.4 is 0 Å². The number of hydrogen-bond donors (Lipinski definition) is 1. The number of carboxylic acids is 1. The van der Waals surface area contributed by atoms with Gasteiger partial charge < -0.3 is 5.11 Å². The van der Waals surface area contributed by atoms with Crippen molar-refractivity contribution in [2.45, 2.75) is 10.1 Å². The molecule has 5 nitrogen and oxygen atoms in total. The van der Waals surface area contributed by atoms with E-state index in [1.807, 2.05) is 0 Å². The molecular formula is C10H6ClN3O2S. The van der Waals surface area contributed by atoms with Crippen molar-refractivity contribution in [1.29, 1.82) is 0 Å². The van der Waals surface area contributed by atoms with Crippen molar-refractivity contribution in [2.24, 2.45) is 0 Å². The number of pyridine rings is 1. The van der Waals surface area contributed by atoms with Crippen LogP contribution in [0.15, 0.2) is 40.8 Å². The van der Waals surface area contributed by atoms with Gasteiger partial charge in [0.2, 0.25) is 0 Å². The smallest absolute Gasteiger partial charge is 0.356 e. The predicted octanol–water partition coefficient (Wildman–Crippen LogP) is 2.37. The zero-order chi connectivity index (χ0) is 12.3. The van der Waals surface area contributed by atoms with Gasteiger partial charge in [-0.2, -0.15) is 0 Å². The molecule has 0 aromatic carbocycles. The van der Waals surface area contributed by atoms with Gasteiger partial charge >= 0.3 is 5.97 Å². The summed E-state index contributed by atoms with van der Waals surface area (Å²) < 4.78 is 0. The van der Waals surface area contributed by atoms with E-state index in [1.165, 1.54) is 17.8 Å². The summed E-state index contributed by atoms with van der Waals surface area (Å²) in [4.78, 5) is 22.7. The van der Waals surface area contributed by atoms with Gasteiger partial charge in [0.1, 0.15) is 10.1 Å². The van der Waals surface area contributed by atoms with Crippen molar-refractivity contribution in [3.63, 3.8) is 0 Å². The Hall–Kier alpha value is -1.66. The van der Waals surface area contributed by atoms with E-state index in [1.54, 1.807) is 24.7 Å². The average Bonchev–Trinajstić information content (AvgIpc) is 2.32. The van der Waals surface area contributed by atoms with Crippen LogP contribution in [0.3, 0.4) is 0 Å². The first-order chi connectivity index (χ1) is 8.16. The molecule has 0 aliphatic carbocycles. The van der Waals surface area contributed by atoms with Gasteiger partial charge in [0.05, 0.1) is 11.2 Å². The van der Waals surface area contributed by atoms with Crippen LogP contribution in [0.25, 0.3) is 0 Å². The van der Waals surface area contributed by atoms with Crippen molar-refractivity contribution >= 4 is 29.3 Å². The predicted molar refractivity (Wildman–Crippen MR) is 62.4 cm³/mol. The lowest BCUT2D eigenvalue weighted by Gasteiger charge is -2.02. The van der Waals surface area contributed by atoms with Crippen LogP contribution in [0, 0.1) is 0 Å². The molecule has 0 amide bonds. The van der Waals surface area contributed by atoms with Crippen molar-refractivity contribution < 1.29 is 9.90 Å². The lowest BCUT2D eigenvalue weighted by molar-refractivity contribution is 0.0690. The number of carbonyl (C=O) groups is 1. The van der Waals surface area contributed by atoms with E-state index < -0.39 is 5.97 Å². The lowest BCUT2D eigenvalue weighted by atomic mass is 10.3. The number of nitrogens with zero attached hydrogens (tertiary/aromatic N) is 3. The van der Waals surface area contributed by atoms with Crippen LogP contribution in [-0.2, 0) is 0 Å². The molecule has 1 N–H and O–H groups in total. The second-order valence-corrected chi connectivity index (χ2v) is 4.38. The SMILES string of the molecule is O=C(O)c1nc(Sc2cnccn2)ccc1Cl. The quantitative estimate of drug-likeness (QED) is 0.920. The highest BCUT2D eigenvalue weighted by atomic mass is 35.5. The largest absolute Gasteiger partial charge is 0.476 e. The van der Waals surface area contributed by atoms with E-state index in [9.17, 15) is 4.79 Å². The minimum Gasteiger partial charge on any atom is -0.476 e. The van der Waals surface area contributed by atoms with Crippen molar-refractivity contribution in [1.82, 2.24) is 15.0 Å². The second-order valence-electron chi connectivity index (χ2n) is 2.93. The molecule has 0 aliphatic rings. The van der Waals surface area contributed by atoms with Gasteiger partial charge in [0.15, 0.2) is 5.69 Å². The molecule has 2 rings (SSSR count). The van der Waals surface area contributed by atoms with E-state index in [0.717, 1.165) is 0 Å². The molecular weight excluding hydrogens is 262 g/mol. The number of halogens is 1. The Balaban J connectivity index is 2.29. The highest BCUT2D eigenvalue weighted by molar-refractivity contribution is 7.99. The molecule has 0 saturated heterocycles. The van der Waals surface area contributed by atoms with E-state index in [-0.39, 0.29) is 10.7 Å². The molecule has 0 radical (unpaired) electrons. The Labute approximate surface area is 106 Å². The zero-order valence-electron chi connectivity index (χ0n) is 8.37. The van der Waals surface area contributed by atoms with Crippen molar-refractivity contribution in [2.75, 3.05) is 0 Å². The summed E-state index contributed by atoms with van der Waals surface area (Å²) in [5.74, 6) is -1.16. The molecule has 0 aliphatic heterocycles. The fourth-order valence-electron chi connectivity index (χ4n) is 1.08. The molecule has 2 aromatic rings. The third kappa shape index (κ3) is 2.92. The molecule has 0 saturated carbocycles. The summed E-state index contributed by atoms with van der Waals surface area (Å²) in [6.07, 6.45) is 4.68. The van der Waals surface area contributed by atoms with E-state index >= 15 is 0 Å². The molecule has 0 fully saturated rings. The van der Waals surface area contributed by atoms with Gasteiger partial charge in [-0.1, -0.05) is 11.6 Å². The highest BCUT2D eigenvalue weighted by Crippen LogP contribution is 2.25. The maximum absolute atomic E-state index is 10.8. The summed E-state index contributed by atoms with van der Waals surface area (Å²) in [6.45, 7) is 0. The molecule has 0 spiro atoms. The Morgan fingerprint density at radius 2 is 2.12 bits per heavy atom. The van der Waals surface area contributed by atoms with Gasteiger partial charge in [-0.25, -0.2) is 14.8 Å². The molecule has 2 heterocycles. The van der Waals surface area contributed by atoms with Crippen LogP contribution in [-0.4, -0.2) is 26.0 Å². The number of hydrogen-bond acceptors (Lipinski definition) is 5. The fourth-order valence-corrected chi connectivity index (χ4v) is 1.98. The van der Waals surface area contributed by atoms with Crippen LogP contribution >= 0.6 is 23.4 Å². The average molecular weight is 268 g/mol. The lowest BCUT2D eigenvalue weighted by Crippen LogP contribution is -2.01.